The molecule has 0 aliphatic carbocycles. The Morgan fingerprint density at radius 3 is 2.64 bits per heavy atom. The molecule has 0 radical (unpaired) electrons. The monoisotopic (exact) mass is 222 g/mol. The summed E-state index contributed by atoms with van der Waals surface area (Å²) >= 11 is 0. The Balaban J connectivity index is 2.45. The Bertz CT molecular complexity index is 343. The Kier molecular flexibility index (Phi) is 3.22. The number of carbonyl (C=O) groups excluding carboxylic acids is 2. The van der Waals surface area contributed by atoms with Crippen molar-refractivity contribution in [3.63, 3.8) is 0 Å². The van der Waals surface area contributed by atoms with Gasteiger partial charge in [-0.2, -0.15) is 8.42 Å². The highest BCUT2D eigenvalue weighted by Gasteiger charge is 2.29. The van der Waals surface area contributed by atoms with Crippen LogP contribution in [0.1, 0.15) is 12.8 Å². The topological polar surface area (TPSA) is 97.7 Å². The van der Waals surface area contributed by atoms with E-state index in [0.717, 1.165) is 0 Å². The second kappa shape index (κ2) is 4.05. The van der Waals surface area contributed by atoms with Crippen LogP contribution in [-0.2, 0) is 24.4 Å². The highest BCUT2D eigenvalue weighted by molar-refractivity contribution is 7.86. The van der Waals surface area contributed by atoms with Crippen LogP contribution in [0, 0.1) is 5.92 Å². The third-order valence-electron chi connectivity index (χ3n) is 1.86. The lowest BCUT2D eigenvalue weighted by Gasteiger charge is -2.02. The summed E-state index contributed by atoms with van der Waals surface area (Å²) in [5, 5.41) is 0. The van der Waals surface area contributed by atoms with Gasteiger partial charge in [-0.25, -0.2) is 0 Å². The molecule has 0 spiro atoms. The number of carbonyl (C=O) groups is 2. The van der Waals surface area contributed by atoms with Gasteiger partial charge in [-0.1, -0.05) is 0 Å². The first-order valence-electron chi connectivity index (χ1n) is 4.02. The summed E-state index contributed by atoms with van der Waals surface area (Å²) in [7, 11) is -4.28. The van der Waals surface area contributed by atoms with Crippen molar-refractivity contribution in [1.82, 2.24) is 0 Å². The average molecular weight is 222 g/mol. The van der Waals surface area contributed by atoms with Crippen LogP contribution >= 0.6 is 0 Å². The maximum atomic E-state index is 11.0. The molecule has 6 nitrogen and oxygen atoms in total. The highest BCUT2D eigenvalue weighted by Crippen LogP contribution is 2.18. The Morgan fingerprint density at radius 2 is 2.21 bits per heavy atom. The molecule has 1 unspecified atom stereocenters. The number of hydrogen-bond donors (Lipinski definition) is 1. The van der Waals surface area contributed by atoms with E-state index in [1.807, 2.05) is 0 Å². The fourth-order valence-electron chi connectivity index (χ4n) is 1.26. The molecule has 0 aromatic carbocycles. The van der Waals surface area contributed by atoms with E-state index < -0.39 is 33.5 Å². The van der Waals surface area contributed by atoms with E-state index in [1.54, 1.807) is 0 Å². The lowest BCUT2D eigenvalue weighted by atomic mass is 10.0. The molecule has 1 fully saturated rings. The van der Waals surface area contributed by atoms with Crippen LogP contribution in [0.25, 0.3) is 0 Å². The summed E-state index contributed by atoms with van der Waals surface area (Å²) in [6.07, 6.45) is 0.245. The molecule has 1 rings (SSSR count). The first-order valence-corrected chi connectivity index (χ1v) is 5.63. The zero-order chi connectivity index (χ0) is 10.8. The van der Waals surface area contributed by atoms with Gasteiger partial charge in [0.2, 0.25) is 0 Å². The first-order chi connectivity index (χ1) is 6.38. The van der Waals surface area contributed by atoms with Crippen molar-refractivity contribution in [2.24, 2.45) is 5.92 Å². The summed E-state index contributed by atoms with van der Waals surface area (Å²) in [5.74, 6) is -2.63. The minimum atomic E-state index is -4.28. The van der Waals surface area contributed by atoms with Crippen LogP contribution in [-0.4, -0.2) is 37.1 Å². The number of rotatable bonds is 4. The van der Waals surface area contributed by atoms with Crippen molar-refractivity contribution < 1.29 is 27.3 Å². The van der Waals surface area contributed by atoms with Gasteiger partial charge >= 0.3 is 5.97 Å². The second-order valence-electron chi connectivity index (χ2n) is 3.12. The quantitative estimate of drug-likeness (QED) is 0.503. The molecule has 1 heterocycles. The van der Waals surface area contributed by atoms with Gasteiger partial charge < -0.3 is 4.74 Å². The maximum absolute atomic E-state index is 11.0. The molecular weight excluding hydrogens is 212 g/mol. The van der Waals surface area contributed by atoms with E-state index in [0.29, 0.717) is 6.42 Å². The number of cyclic esters (lactones) is 1. The molecule has 7 heteroatoms. The normalized spacial score (nSPS) is 22.1. The first kappa shape index (κ1) is 11.1. The van der Waals surface area contributed by atoms with Crippen molar-refractivity contribution >= 4 is 21.9 Å². The van der Waals surface area contributed by atoms with Crippen LogP contribution in [0.5, 0.6) is 0 Å². The zero-order valence-electron chi connectivity index (χ0n) is 7.30. The average Bonchev–Trinajstić information content (AvgIpc) is 2.32. The predicted molar refractivity (Wildman–Crippen MR) is 45.1 cm³/mol. The Hall–Kier alpha value is -0.950. The lowest BCUT2D eigenvalue weighted by molar-refractivity contribution is -0.142. The van der Waals surface area contributed by atoms with Gasteiger partial charge in [0.25, 0.3) is 10.1 Å². The molecule has 0 bridgehead atoms. The van der Waals surface area contributed by atoms with Gasteiger partial charge in [0.15, 0.2) is 5.78 Å². The third-order valence-corrected chi connectivity index (χ3v) is 2.55. The van der Waals surface area contributed by atoms with Crippen molar-refractivity contribution in [1.29, 1.82) is 0 Å². The summed E-state index contributed by atoms with van der Waals surface area (Å²) in [6, 6.07) is 0. The number of ketones is 1. The summed E-state index contributed by atoms with van der Waals surface area (Å²) in [5.41, 5.74) is 0. The minimum Gasteiger partial charge on any atom is -0.465 e. The highest BCUT2D eigenvalue weighted by atomic mass is 32.2. The summed E-state index contributed by atoms with van der Waals surface area (Å²) < 4.78 is 33.6. The van der Waals surface area contributed by atoms with E-state index in [1.165, 1.54) is 0 Å². The maximum Gasteiger partial charge on any atom is 0.309 e. The summed E-state index contributed by atoms with van der Waals surface area (Å²) in [4.78, 5) is 21.9. The van der Waals surface area contributed by atoms with Crippen LogP contribution in [0.4, 0.5) is 0 Å². The number of esters is 1. The molecular formula is C7H10O6S. The van der Waals surface area contributed by atoms with Crippen molar-refractivity contribution in [3.05, 3.63) is 0 Å². The standard InChI is InChI=1S/C7H10O6S/c8-6(4-14(10,11)12)3-5-1-2-13-7(5)9/h5H,1-4H2,(H,10,11,12). The molecule has 0 amide bonds. The van der Waals surface area contributed by atoms with E-state index in [2.05, 4.69) is 4.74 Å². The van der Waals surface area contributed by atoms with E-state index in [9.17, 15) is 18.0 Å². The van der Waals surface area contributed by atoms with E-state index in [4.69, 9.17) is 4.55 Å². The third kappa shape index (κ3) is 3.43. The largest absolute Gasteiger partial charge is 0.465 e. The molecule has 80 valence electrons. The predicted octanol–water partition coefficient (Wildman–Crippen LogP) is -0.603. The molecule has 1 saturated heterocycles. The number of hydrogen-bond acceptors (Lipinski definition) is 5. The van der Waals surface area contributed by atoms with Crippen molar-refractivity contribution in [2.75, 3.05) is 12.4 Å². The lowest BCUT2D eigenvalue weighted by Crippen LogP contribution is -2.20. The van der Waals surface area contributed by atoms with Gasteiger partial charge in [0.1, 0.15) is 5.75 Å². The SMILES string of the molecule is O=C(CC1CCOC1=O)CS(=O)(=O)O. The molecule has 0 aromatic heterocycles. The molecule has 1 aliphatic rings. The Morgan fingerprint density at radius 1 is 1.57 bits per heavy atom. The molecule has 1 N–H and O–H groups in total. The molecule has 14 heavy (non-hydrogen) atoms. The molecule has 1 atom stereocenters. The number of ether oxygens (including phenoxy) is 1. The van der Waals surface area contributed by atoms with Gasteiger partial charge in [-0.05, 0) is 6.42 Å². The van der Waals surface area contributed by atoms with E-state index >= 15 is 0 Å². The van der Waals surface area contributed by atoms with Gasteiger partial charge in [0, 0.05) is 6.42 Å². The van der Waals surface area contributed by atoms with Crippen LogP contribution in [0.3, 0.4) is 0 Å². The number of Topliss-reactive ketones (excluding diaryl/α,β-unsaturated/α-hetero) is 1. The van der Waals surface area contributed by atoms with Gasteiger partial charge in [-0.15, -0.1) is 0 Å². The molecule has 0 saturated carbocycles. The smallest absolute Gasteiger partial charge is 0.309 e. The van der Waals surface area contributed by atoms with Crippen LogP contribution in [0.15, 0.2) is 0 Å². The van der Waals surface area contributed by atoms with E-state index in [-0.39, 0.29) is 13.0 Å². The second-order valence-corrected chi connectivity index (χ2v) is 4.57. The van der Waals surface area contributed by atoms with Crippen molar-refractivity contribution in [2.45, 2.75) is 12.8 Å². The van der Waals surface area contributed by atoms with Crippen LogP contribution in [0.2, 0.25) is 0 Å². The molecule has 1 aliphatic heterocycles. The summed E-state index contributed by atoms with van der Waals surface area (Å²) in [6.45, 7) is 0.267. The van der Waals surface area contributed by atoms with Crippen LogP contribution < -0.4 is 0 Å². The Labute approximate surface area is 81.0 Å². The van der Waals surface area contributed by atoms with Gasteiger partial charge in [0.05, 0.1) is 12.5 Å². The molecule has 0 aromatic rings. The zero-order valence-corrected chi connectivity index (χ0v) is 8.12. The minimum absolute atomic E-state index is 0.182. The van der Waals surface area contributed by atoms with Crippen molar-refractivity contribution in [3.8, 4) is 0 Å². The fraction of sp³-hybridized carbons (Fsp3) is 0.714. The fourth-order valence-corrected chi connectivity index (χ4v) is 1.78. The van der Waals surface area contributed by atoms with Gasteiger partial charge in [-0.3, -0.25) is 14.1 Å².